The van der Waals surface area contributed by atoms with Crippen molar-refractivity contribution in [2.45, 2.75) is 20.0 Å². The first-order valence-corrected chi connectivity index (χ1v) is 7.42. The van der Waals surface area contributed by atoms with Crippen LogP contribution in [0.3, 0.4) is 0 Å². The fourth-order valence-corrected chi connectivity index (χ4v) is 1.92. The number of carbonyl (C=O) groups excluding carboxylic acids is 1. The Hall–Kier alpha value is -3.22. The largest absolute Gasteiger partial charge is 0.452 e. The lowest BCUT2D eigenvalue weighted by Crippen LogP contribution is -2.08. The number of carbonyl (C=O) groups is 1. The molecular formula is C17H15N3O4. The van der Waals surface area contributed by atoms with Gasteiger partial charge in [0.25, 0.3) is 5.89 Å². The van der Waals surface area contributed by atoms with E-state index in [0.717, 1.165) is 0 Å². The van der Waals surface area contributed by atoms with Gasteiger partial charge in [-0.15, -0.1) is 10.2 Å². The lowest BCUT2D eigenvalue weighted by molar-refractivity contribution is 0.0433. The van der Waals surface area contributed by atoms with Gasteiger partial charge in [-0.25, -0.2) is 9.78 Å². The van der Waals surface area contributed by atoms with Crippen LogP contribution in [-0.2, 0) is 17.8 Å². The van der Waals surface area contributed by atoms with Crippen LogP contribution in [0, 0.1) is 0 Å². The molecule has 1 aromatic carbocycles. The monoisotopic (exact) mass is 325 g/mol. The molecule has 7 heteroatoms. The normalized spacial score (nSPS) is 10.4. The van der Waals surface area contributed by atoms with Gasteiger partial charge in [0, 0.05) is 12.6 Å². The molecule has 0 aliphatic rings. The molecule has 3 aromatic rings. The number of benzene rings is 1. The Morgan fingerprint density at radius 2 is 1.88 bits per heavy atom. The molecule has 0 N–H and O–H groups in total. The van der Waals surface area contributed by atoms with Crippen molar-refractivity contribution < 1.29 is 18.7 Å². The molecule has 3 rings (SSSR count). The van der Waals surface area contributed by atoms with Gasteiger partial charge in [-0.3, -0.25) is 0 Å². The molecule has 0 aliphatic carbocycles. The van der Waals surface area contributed by atoms with E-state index in [9.17, 15) is 4.79 Å². The standard InChI is InChI=1S/C17H15N3O4/c1-2-14-19-20-15(24-14)11-22-17(21)13-9-6-10-18-16(13)23-12-7-4-3-5-8-12/h3-10H,2,11H2,1H3. The summed E-state index contributed by atoms with van der Waals surface area (Å²) in [5.41, 5.74) is 0.219. The van der Waals surface area contributed by atoms with Gasteiger partial charge >= 0.3 is 5.97 Å². The van der Waals surface area contributed by atoms with E-state index in [-0.39, 0.29) is 23.9 Å². The molecule has 0 spiro atoms. The van der Waals surface area contributed by atoms with Gasteiger partial charge in [0.2, 0.25) is 11.8 Å². The van der Waals surface area contributed by atoms with Crippen molar-refractivity contribution in [1.29, 1.82) is 0 Å². The minimum atomic E-state index is -0.578. The Bertz CT molecular complexity index is 817. The van der Waals surface area contributed by atoms with E-state index < -0.39 is 5.97 Å². The van der Waals surface area contributed by atoms with Crippen molar-refractivity contribution >= 4 is 5.97 Å². The van der Waals surface area contributed by atoms with E-state index in [2.05, 4.69) is 15.2 Å². The van der Waals surface area contributed by atoms with Crippen LogP contribution < -0.4 is 4.74 Å². The van der Waals surface area contributed by atoms with Crippen LogP contribution in [-0.4, -0.2) is 21.2 Å². The van der Waals surface area contributed by atoms with E-state index in [1.165, 1.54) is 0 Å². The van der Waals surface area contributed by atoms with Crippen molar-refractivity contribution in [3.63, 3.8) is 0 Å². The predicted octanol–water partition coefficient (Wildman–Crippen LogP) is 3.18. The van der Waals surface area contributed by atoms with Gasteiger partial charge in [-0.1, -0.05) is 25.1 Å². The van der Waals surface area contributed by atoms with Crippen LogP contribution >= 0.6 is 0 Å². The highest BCUT2D eigenvalue weighted by Gasteiger charge is 2.17. The van der Waals surface area contributed by atoms with Crippen molar-refractivity contribution in [2.75, 3.05) is 0 Å². The summed E-state index contributed by atoms with van der Waals surface area (Å²) in [6.45, 7) is 1.79. The first-order chi connectivity index (χ1) is 11.8. The zero-order valence-electron chi connectivity index (χ0n) is 13.0. The summed E-state index contributed by atoms with van der Waals surface area (Å²) >= 11 is 0. The SMILES string of the molecule is CCc1nnc(COC(=O)c2cccnc2Oc2ccccc2)o1. The van der Waals surface area contributed by atoms with Crippen molar-refractivity contribution in [2.24, 2.45) is 0 Å². The highest BCUT2D eigenvalue weighted by Crippen LogP contribution is 2.23. The summed E-state index contributed by atoms with van der Waals surface area (Å²) in [6.07, 6.45) is 2.17. The average molecular weight is 325 g/mol. The third kappa shape index (κ3) is 3.75. The second-order valence-corrected chi connectivity index (χ2v) is 4.79. The van der Waals surface area contributed by atoms with Crippen LogP contribution in [0.2, 0.25) is 0 Å². The molecule has 2 aromatic heterocycles. The summed E-state index contributed by atoms with van der Waals surface area (Å²) in [5, 5.41) is 7.62. The van der Waals surface area contributed by atoms with Gasteiger partial charge in [-0.2, -0.15) is 0 Å². The van der Waals surface area contributed by atoms with Gasteiger partial charge in [0.05, 0.1) is 0 Å². The molecule has 0 fully saturated rings. The number of hydrogen-bond acceptors (Lipinski definition) is 7. The lowest BCUT2D eigenvalue weighted by atomic mass is 10.2. The maximum atomic E-state index is 12.3. The van der Waals surface area contributed by atoms with Gasteiger partial charge in [0.1, 0.15) is 11.3 Å². The van der Waals surface area contributed by atoms with E-state index >= 15 is 0 Å². The maximum Gasteiger partial charge on any atom is 0.344 e. The van der Waals surface area contributed by atoms with Gasteiger partial charge in [-0.05, 0) is 24.3 Å². The highest BCUT2D eigenvalue weighted by molar-refractivity contribution is 5.91. The van der Waals surface area contributed by atoms with Crippen LogP contribution in [0.4, 0.5) is 0 Å². The first-order valence-electron chi connectivity index (χ1n) is 7.42. The molecule has 0 saturated heterocycles. The smallest absolute Gasteiger partial charge is 0.344 e. The third-order valence-corrected chi connectivity index (χ3v) is 3.09. The summed E-state index contributed by atoms with van der Waals surface area (Å²) in [4.78, 5) is 16.4. The lowest BCUT2D eigenvalue weighted by Gasteiger charge is -2.08. The zero-order valence-corrected chi connectivity index (χ0v) is 13.0. The first kappa shape index (κ1) is 15.7. The minimum Gasteiger partial charge on any atom is -0.452 e. The minimum absolute atomic E-state index is 0.106. The summed E-state index contributed by atoms with van der Waals surface area (Å²) in [5.74, 6) is 0.915. The fraction of sp³-hybridized carbons (Fsp3) is 0.176. The van der Waals surface area contributed by atoms with Crippen LogP contribution in [0.5, 0.6) is 11.6 Å². The number of para-hydroxylation sites is 1. The Morgan fingerprint density at radius 1 is 1.08 bits per heavy atom. The Morgan fingerprint density at radius 3 is 2.62 bits per heavy atom. The number of aryl methyl sites for hydroxylation is 1. The summed E-state index contributed by atoms with van der Waals surface area (Å²) in [6, 6.07) is 12.3. The molecule has 122 valence electrons. The number of esters is 1. The zero-order chi connectivity index (χ0) is 16.8. The second kappa shape index (κ2) is 7.36. The molecule has 0 atom stereocenters. The molecule has 0 unspecified atom stereocenters. The summed E-state index contributed by atoms with van der Waals surface area (Å²) < 4.78 is 16.1. The van der Waals surface area contributed by atoms with Crippen LogP contribution in [0.1, 0.15) is 29.1 Å². The number of ether oxygens (including phenoxy) is 2. The Balaban J connectivity index is 1.70. The number of aromatic nitrogens is 3. The topological polar surface area (TPSA) is 87.3 Å². The van der Waals surface area contributed by atoms with Crippen LogP contribution in [0.15, 0.2) is 53.1 Å². The maximum absolute atomic E-state index is 12.3. The molecular weight excluding hydrogens is 310 g/mol. The van der Waals surface area contributed by atoms with Crippen molar-refractivity contribution in [3.8, 4) is 11.6 Å². The van der Waals surface area contributed by atoms with E-state index in [1.54, 1.807) is 30.5 Å². The molecule has 7 nitrogen and oxygen atoms in total. The quantitative estimate of drug-likeness (QED) is 0.643. The Labute approximate surface area is 138 Å². The molecule has 0 aliphatic heterocycles. The van der Waals surface area contributed by atoms with E-state index in [0.29, 0.717) is 18.1 Å². The van der Waals surface area contributed by atoms with Gasteiger partial charge < -0.3 is 13.9 Å². The second-order valence-electron chi connectivity index (χ2n) is 4.79. The molecule has 24 heavy (non-hydrogen) atoms. The highest BCUT2D eigenvalue weighted by atomic mass is 16.5. The number of nitrogens with zero attached hydrogens (tertiary/aromatic N) is 3. The molecule has 0 bridgehead atoms. The molecule has 2 heterocycles. The Kier molecular flexibility index (Phi) is 4.81. The number of hydrogen-bond donors (Lipinski definition) is 0. The van der Waals surface area contributed by atoms with E-state index in [1.807, 2.05) is 25.1 Å². The van der Waals surface area contributed by atoms with E-state index in [4.69, 9.17) is 13.9 Å². The third-order valence-electron chi connectivity index (χ3n) is 3.09. The molecule has 0 amide bonds. The molecule has 0 saturated carbocycles. The van der Waals surface area contributed by atoms with Crippen LogP contribution in [0.25, 0.3) is 0 Å². The predicted molar refractivity (Wildman–Crippen MR) is 83.5 cm³/mol. The van der Waals surface area contributed by atoms with Crippen molar-refractivity contribution in [1.82, 2.24) is 15.2 Å². The number of pyridine rings is 1. The fourth-order valence-electron chi connectivity index (χ4n) is 1.92. The number of rotatable bonds is 6. The van der Waals surface area contributed by atoms with Gasteiger partial charge in [0.15, 0.2) is 6.61 Å². The average Bonchev–Trinajstić information content (AvgIpc) is 3.09. The molecule has 0 radical (unpaired) electrons. The van der Waals surface area contributed by atoms with Crippen molar-refractivity contribution in [3.05, 3.63) is 66.0 Å². The summed E-state index contributed by atoms with van der Waals surface area (Å²) in [7, 11) is 0.